The Morgan fingerprint density at radius 1 is 1.24 bits per heavy atom. The van der Waals surface area contributed by atoms with E-state index in [1.807, 2.05) is 30.3 Å². The zero-order valence-corrected chi connectivity index (χ0v) is 9.97. The van der Waals surface area contributed by atoms with Crippen molar-refractivity contribution in [3.63, 3.8) is 0 Å². The number of hydrogen-bond acceptors (Lipinski definition) is 3. The Morgan fingerprint density at radius 2 is 1.94 bits per heavy atom. The van der Waals surface area contributed by atoms with Crippen LogP contribution < -0.4 is 0 Å². The van der Waals surface area contributed by atoms with Crippen LogP contribution in [0.5, 0.6) is 0 Å². The van der Waals surface area contributed by atoms with Crippen molar-refractivity contribution in [1.29, 1.82) is 0 Å². The fourth-order valence-corrected chi connectivity index (χ4v) is 2.40. The molecule has 0 saturated heterocycles. The molecule has 0 amide bonds. The lowest BCUT2D eigenvalue weighted by Crippen LogP contribution is -2.06. The summed E-state index contributed by atoms with van der Waals surface area (Å²) in [7, 11) is -3.35. The summed E-state index contributed by atoms with van der Waals surface area (Å²) in [5.74, 6) is -0.0984. The Morgan fingerprint density at radius 3 is 2.59 bits per heavy atom. The van der Waals surface area contributed by atoms with E-state index in [2.05, 4.69) is 11.7 Å². The molecule has 0 unspecified atom stereocenters. The molecule has 0 fully saturated rings. The number of hydrogen-bond donors (Lipinski definition) is 0. The molecule has 0 saturated carbocycles. The number of nitrogens with zero attached hydrogens (tertiary/aromatic N) is 2. The van der Waals surface area contributed by atoms with Crippen molar-refractivity contribution in [1.82, 2.24) is 9.78 Å². The van der Waals surface area contributed by atoms with Crippen LogP contribution in [-0.2, 0) is 9.84 Å². The largest absolute Gasteiger partial charge is 0.240 e. The third-order valence-corrected chi connectivity index (χ3v) is 3.77. The van der Waals surface area contributed by atoms with Gasteiger partial charge in [0, 0.05) is 6.20 Å². The number of aromatic nitrogens is 2. The second-order valence-corrected chi connectivity index (χ2v) is 5.49. The second-order valence-electron chi connectivity index (χ2n) is 3.50. The van der Waals surface area contributed by atoms with Crippen molar-refractivity contribution >= 4 is 9.84 Å². The minimum atomic E-state index is -3.35. The molecule has 0 atom stereocenters. The first-order valence-corrected chi connectivity index (χ1v) is 6.73. The molecule has 2 aromatic rings. The van der Waals surface area contributed by atoms with Crippen LogP contribution in [0, 0.1) is 0 Å². The van der Waals surface area contributed by atoms with Gasteiger partial charge in [-0.05, 0) is 18.2 Å². The summed E-state index contributed by atoms with van der Waals surface area (Å²) in [5.41, 5.74) is 0.826. The number of benzene rings is 1. The summed E-state index contributed by atoms with van der Waals surface area (Å²) in [6.45, 7) is 3.42. The SMILES string of the molecule is C=CCS(=O)(=O)c1ccn(-c2ccccc2)n1. The summed E-state index contributed by atoms with van der Waals surface area (Å²) < 4.78 is 25.0. The van der Waals surface area contributed by atoms with Gasteiger partial charge in [-0.3, -0.25) is 0 Å². The maximum absolute atomic E-state index is 11.7. The third-order valence-electron chi connectivity index (χ3n) is 2.24. The van der Waals surface area contributed by atoms with Crippen molar-refractivity contribution < 1.29 is 8.42 Å². The van der Waals surface area contributed by atoms with Gasteiger partial charge in [-0.25, -0.2) is 13.1 Å². The fraction of sp³-hybridized carbons (Fsp3) is 0.0833. The van der Waals surface area contributed by atoms with Crippen molar-refractivity contribution in [3.8, 4) is 5.69 Å². The minimum absolute atomic E-state index is 0.0706. The fourth-order valence-electron chi connectivity index (χ4n) is 1.44. The van der Waals surface area contributed by atoms with Gasteiger partial charge in [-0.1, -0.05) is 24.3 Å². The molecular formula is C12H12N2O2S. The summed E-state index contributed by atoms with van der Waals surface area (Å²) in [6.07, 6.45) is 2.99. The quantitative estimate of drug-likeness (QED) is 0.776. The predicted octanol–water partition coefficient (Wildman–Crippen LogP) is 1.83. The van der Waals surface area contributed by atoms with Crippen molar-refractivity contribution in [2.75, 3.05) is 5.75 Å². The molecule has 0 aliphatic rings. The molecule has 5 heteroatoms. The van der Waals surface area contributed by atoms with E-state index in [-0.39, 0.29) is 10.8 Å². The van der Waals surface area contributed by atoms with E-state index < -0.39 is 9.84 Å². The summed E-state index contributed by atoms with van der Waals surface area (Å²) in [4.78, 5) is 0. The summed E-state index contributed by atoms with van der Waals surface area (Å²) in [6, 6.07) is 10.8. The first-order chi connectivity index (χ1) is 8.13. The molecule has 1 heterocycles. The maximum Gasteiger partial charge on any atom is 0.200 e. The zero-order chi connectivity index (χ0) is 12.3. The molecule has 0 spiro atoms. The van der Waals surface area contributed by atoms with E-state index >= 15 is 0 Å². The van der Waals surface area contributed by atoms with E-state index in [1.165, 1.54) is 16.8 Å². The van der Waals surface area contributed by atoms with E-state index in [0.29, 0.717) is 0 Å². The van der Waals surface area contributed by atoms with Gasteiger partial charge in [0.05, 0.1) is 11.4 Å². The van der Waals surface area contributed by atoms with E-state index in [9.17, 15) is 8.42 Å². The monoisotopic (exact) mass is 248 g/mol. The van der Waals surface area contributed by atoms with Gasteiger partial charge in [-0.2, -0.15) is 5.10 Å². The lowest BCUT2D eigenvalue weighted by molar-refractivity contribution is 0.593. The first kappa shape index (κ1) is 11.6. The molecular weight excluding hydrogens is 236 g/mol. The van der Waals surface area contributed by atoms with Crippen molar-refractivity contribution in [2.24, 2.45) is 0 Å². The molecule has 0 bridgehead atoms. The second kappa shape index (κ2) is 4.55. The Labute approximate surface area is 100 Å². The van der Waals surface area contributed by atoms with Crippen molar-refractivity contribution in [2.45, 2.75) is 5.03 Å². The zero-order valence-electron chi connectivity index (χ0n) is 9.15. The van der Waals surface area contributed by atoms with Gasteiger partial charge in [-0.15, -0.1) is 6.58 Å². The standard InChI is InChI=1S/C12H12N2O2S/c1-2-10-17(15,16)12-8-9-14(13-12)11-6-4-3-5-7-11/h2-9H,1,10H2. The molecule has 88 valence electrons. The molecule has 0 radical (unpaired) electrons. The molecule has 4 nitrogen and oxygen atoms in total. The molecule has 1 aromatic heterocycles. The number of para-hydroxylation sites is 1. The normalized spacial score (nSPS) is 11.3. The topological polar surface area (TPSA) is 52.0 Å². The average Bonchev–Trinajstić information content (AvgIpc) is 2.80. The molecule has 0 aliphatic heterocycles. The lowest BCUT2D eigenvalue weighted by Gasteiger charge is -2.00. The van der Waals surface area contributed by atoms with Crippen LogP contribution in [0.25, 0.3) is 5.69 Å². The third kappa shape index (κ3) is 2.45. The van der Waals surface area contributed by atoms with E-state index in [4.69, 9.17) is 0 Å². The number of sulfone groups is 1. The van der Waals surface area contributed by atoms with Crippen LogP contribution in [0.3, 0.4) is 0 Å². The Balaban J connectivity index is 2.38. The smallest absolute Gasteiger partial charge is 0.200 e. The lowest BCUT2D eigenvalue weighted by atomic mass is 10.3. The van der Waals surface area contributed by atoms with Crippen LogP contribution in [0.1, 0.15) is 0 Å². The molecule has 2 rings (SSSR count). The van der Waals surface area contributed by atoms with Gasteiger partial charge in [0.2, 0.25) is 9.84 Å². The predicted molar refractivity (Wildman–Crippen MR) is 65.8 cm³/mol. The van der Waals surface area contributed by atoms with Crippen LogP contribution in [0.15, 0.2) is 60.3 Å². The highest BCUT2D eigenvalue weighted by atomic mass is 32.2. The van der Waals surface area contributed by atoms with Gasteiger partial charge in [0.25, 0.3) is 0 Å². The minimum Gasteiger partial charge on any atom is -0.240 e. The summed E-state index contributed by atoms with van der Waals surface area (Å²) in [5, 5.41) is 4.12. The summed E-state index contributed by atoms with van der Waals surface area (Å²) >= 11 is 0. The molecule has 0 aliphatic carbocycles. The van der Waals surface area contributed by atoms with E-state index in [0.717, 1.165) is 5.69 Å². The van der Waals surface area contributed by atoms with Crippen molar-refractivity contribution in [3.05, 3.63) is 55.3 Å². The Bertz CT molecular complexity index is 615. The molecule has 0 N–H and O–H groups in total. The maximum atomic E-state index is 11.7. The number of rotatable bonds is 4. The highest BCUT2D eigenvalue weighted by Gasteiger charge is 2.15. The van der Waals surface area contributed by atoms with Gasteiger partial charge < -0.3 is 0 Å². The van der Waals surface area contributed by atoms with Crippen LogP contribution in [0.4, 0.5) is 0 Å². The van der Waals surface area contributed by atoms with Crippen LogP contribution in [0.2, 0.25) is 0 Å². The average molecular weight is 248 g/mol. The van der Waals surface area contributed by atoms with Gasteiger partial charge in [0.15, 0.2) is 5.03 Å². The Hall–Kier alpha value is -1.88. The first-order valence-electron chi connectivity index (χ1n) is 5.08. The molecule has 17 heavy (non-hydrogen) atoms. The van der Waals surface area contributed by atoms with E-state index in [1.54, 1.807) is 6.20 Å². The Kier molecular flexibility index (Phi) is 3.10. The highest BCUT2D eigenvalue weighted by Crippen LogP contribution is 2.11. The molecule has 1 aromatic carbocycles. The van der Waals surface area contributed by atoms with Crippen LogP contribution >= 0.6 is 0 Å². The van der Waals surface area contributed by atoms with Gasteiger partial charge >= 0.3 is 0 Å². The highest BCUT2D eigenvalue weighted by molar-refractivity contribution is 7.91. The van der Waals surface area contributed by atoms with Crippen LogP contribution in [-0.4, -0.2) is 24.0 Å². The van der Waals surface area contributed by atoms with Gasteiger partial charge in [0.1, 0.15) is 0 Å².